The Hall–Kier alpha value is -2.25. The minimum atomic E-state index is -0.147. The topological polar surface area (TPSA) is 72.7 Å². The van der Waals surface area contributed by atoms with E-state index in [9.17, 15) is 4.79 Å². The first-order valence-corrected chi connectivity index (χ1v) is 7.75. The van der Waals surface area contributed by atoms with Crippen molar-refractivity contribution in [3.63, 3.8) is 0 Å². The van der Waals surface area contributed by atoms with Crippen LogP contribution in [0.15, 0.2) is 43.1 Å². The Morgan fingerprint density at radius 2 is 2.27 bits per heavy atom. The molecule has 0 aliphatic heterocycles. The van der Waals surface area contributed by atoms with Gasteiger partial charge in [-0.1, -0.05) is 11.6 Å². The molecule has 0 aromatic carbocycles. The molecule has 0 saturated carbocycles. The van der Waals surface area contributed by atoms with Gasteiger partial charge in [-0.25, -0.2) is 14.6 Å². The first-order valence-electron chi connectivity index (χ1n) is 6.56. The highest BCUT2D eigenvalue weighted by molar-refractivity contribution is 7.16. The maximum atomic E-state index is 12.2. The molecule has 3 aromatic heterocycles. The van der Waals surface area contributed by atoms with E-state index in [0.29, 0.717) is 17.9 Å². The van der Waals surface area contributed by atoms with Gasteiger partial charge in [0.05, 0.1) is 4.34 Å². The van der Waals surface area contributed by atoms with Crippen LogP contribution in [0.5, 0.6) is 0 Å². The second-order valence-electron chi connectivity index (χ2n) is 4.45. The Balaban J connectivity index is 1.61. The fraction of sp³-hybridized carbons (Fsp3) is 0.143. The van der Waals surface area contributed by atoms with Crippen LogP contribution in [0.4, 0.5) is 0 Å². The van der Waals surface area contributed by atoms with Crippen molar-refractivity contribution in [1.82, 2.24) is 25.1 Å². The minimum Gasteiger partial charge on any atom is -0.352 e. The Labute approximate surface area is 135 Å². The first-order chi connectivity index (χ1) is 10.7. The van der Waals surface area contributed by atoms with Gasteiger partial charge in [0.2, 0.25) is 0 Å². The van der Waals surface area contributed by atoms with Gasteiger partial charge in [0, 0.05) is 23.2 Å². The molecule has 1 amide bonds. The fourth-order valence-corrected chi connectivity index (χ4v) is 2.99. The third-order valence-electron chi connectivity index (χ3n) is 2.95. The molecule has 8 heteroatoms. The Bertz CT molecular complexity index is 771. The second-order valence-corrected chi connectivity index (χ2v) is 6.25. The number of thiophene rings is 1. The van der Waals surface area contributed by atoms with Crippen molar-refractivity contribution in [2.75, 3.05) is 6.54 Å². The van der Waals surface area contributed by atoms with Crippen molar-refractivity contribution in [3.05, 3.63) is 57.9 Å². The molecule has 0 bridgehead atoms. The van der Waals surface area contributed by atoms with Crippen molar-refractivity contribution in [3.8, 4) is 5.82 Å². The molecule has 0 spiro atoms. The standard InChI is InChI=1S/C14H12ClN5OS/c15-12-2-1-11(22-12)4-6-18-14(21)10-3-5-17-13(7-10)20-9-16-8-19-20/h1-3,5,7-9H,4,6H2,(H,18,21). The first kappa shape index (κ1) is 14.7. The maximum Gasteiger partial charge on any atom is 0.251 e. The largest absolute Gasteiger partial charge is 0.352 e. The molecule has 0 fully saturated rings. The van der Waals surface area contributed by atoms with Crippen molar-refractivity contribution in [1.29, 1.82) is 0 Å². The van der Waals surface area contributed by atoms with Gasteiger partial charge in [-0.2, -0.15) is 5.10 Å². The van der Waals surface area contributed by atoms with Crippen LogP contribution in [-0.4, -0.2) is 32.2 Å². The van der Waals surface area contributed by atoms with E-state index >= 15 is 0 Å². The van der Waals surface area contributed by atoms with Gasteiger partial charge in [0.25, 0.3) is 5.91 Å². The predicted octanol–water partition coefficient (Wildman–Crippen LogP) is 2.35. The number of nitrogens with zero attached hydrogens (tertiary/aromatic N) is 4. The summed E-state index contributed by atoms with van der Waals surface area (Å²) in [7, 11) is 0. The monoisotopic (exact) mass is 333 g/mol. The zero-order valence-corrected chi connectivity index (χ0v) is 13.0. The smallest absolute Gasteiger partial charge is 0.251 e. The lowest BCUT2D eigenvalue weighted by molar-refractivity contribution is 0.0954. The summed E-state index contributed by atoms with van der Waals surface area (Å²) in [6.07, 6.45) is 5.28. The predicted molar refractivity (Wildman–Crippen MR) is 84.5 cm³/mol. The molecule has 1 N–H and O–H groups in total. The zero-order chi connectivity index (χ0) is 15.4. The number of aromatic nitrogens is 4. The second kappa shape index (κ2) is 6.67. The third kappa shape index (κ3) is 3.49. The zero-order valence-electron chi connectivity index (χ0n) is 11.4. The van der Waals surface area contributed by atoms with E-state index in [1.54, 1.807) is 18.3 Å². The number of rotatable bonds is 5. The molecule has 0 saturated heterocycles. The SMILES string of the molecule is O=C(NCCc1ccc(Cl)s1)c1ccnc(-n2cncn2)c1. The average molecular weight is 334 g/mol. The fourth-order valence-electron chi connectivity index (χ4n) is 1.90. The van der Waals surface area contributed by atoms with Gasteiger partial charge in [-0.15, -0.1) is 11.3 Å². The summed E-state index contributed by atoms with van der Waals surface area (Å²) in [6.45, 7) is 0.552. The number of carbonyl (C=O) groups is 1. The molecule has 3 rings (SSSR count). The van der Waals surface area contributed by atoms with E-state index in [4.69, 9.17) is 11.6 Å². The molecule has 112 valence electrons. The molecular weight excluding hydrogens is 322 g/mol. The number of amides is 1. The van der Waals surface area contributed by atoms with Crippen molar-refractivity contribution in [2.24, 2.45) is 0 Å². The van der Waals surface area contributed by atoms with Crippen molar-refractivity contribution < 1.29 is 4.79 Å². The summed E-state index contributed by atoms with van der Waals surface area (Å²) in [5.74, 6) is 0.404. The number of pyridine rings is 1. The average Bonchev–Trinajstić information content (AvgIpc) is 3.19. The summed E-state index contributed by atoms with van der Waals surface area (Å²) in [5.41, 5.74) is 0.532. The van der Waals surface area contributed by atoms with Crippen LogP contribution in [-0.2, 0) is 6.42 Å². The summed E-state index contributed by atoms with van der Waals surface area (Å²) >= 11 is 7.40. The van der Waals surface area contributed by atoms with Crippen LogP contribution < -0.4 is 5.32 Å². The van der Waals surface area contributed by atoms with Gasteiger partial charge < -0.3 is 5.32 Å². The Kier molecular flexibility index (Phi) is 4.45. The van der Waals surface area contributed by atoms with Gasteiger partial charge in [0.1, 0.15) is 12.7 Å². The van der Waals surface area contributed by atoms with Crippen LogP contribution in [0, 0.1) is 0 Å². The summed E-state index contributed by atoms with van der Waals surface area (Å²) in [4.78, 5) is 21.3. The lowest BCUT2D eigenvalue weighted by atomic mass is 10.2. The number of carbonyl (C=O) groups excluding carboxylic acids is 1. The van der Waals surface area contributed by atoms with E-state index in [1.165, 1.54) is 28.7 Å². The van der Waals surface area contributed by atoms with Crippen LogP contribution in [0.1, 0.15) is 15.2 Å². The van der Waals surface area contributed by atoms with E-state index < -0.39 is 0 Å². The molecule has 3 aromatic rings. The normalized spacial score (nSPS) is 10.6. The Morgan fingerprint density at radius 3 is 3.00 bits per heavy atom. The number of hydrogen-bond acceptors (Lipinski definition) is 5. The van der Waals surface area contributed by atoms with E-state index in [0.717, 1.165) is 15.6 Å². The maximum absolute atomic E-state index is 12.2. The van der Waals surface area contributed by atoms with Gasteiger partial charge in [-0.3, -0.25) is 4.79 Å². The summed E-state index contributed by atoms with van der Waals surface area (Å²) in [6, 6.07) is 7.16. The molecule has 0 radical (unpaired) electrons. The number of nitrogens with one attached hydrogen (secondary N) is 1. The van der Waals surface area contributed by atoms with Gasteiger partial charge >= 0.3 is 0 Å². The molecule has 6 nitrogen and oxygen atoms in total. The van der Waals surface area contributed by atoms with E-state index in [-0.39, 0.29) is 5.91 Å². The molecule has 22 heavy (non-hydrogen) atoms. The Morgan fingerprint density at radius 1 is 1.36 bits per heavy atom. The summed E-state index contributed by atoms with van der Waals surface area (Å²) < 4.78 is 2.26. The minimum absolute atomic E-state index is 0.147. The molecule has 0 atom stereocenters. The quantitative estimate of drug-likeness (QED) is 0.778. The van der Waals surface area contributed by atoms with E-state index in [1.807, 2.05) is 12.1 Å². The molecule has 0 unspecified atom stereocenters. The molecular formula is C14H12ClN5OS. The number of hydrogen-bond donors (Lipinski definition) is 1. The highest BCUT2D eigenvalue weighted by atomic mass is 35.5. The van der Waals surface area contributed by atoms with Gasteiger partial charge in [-0.05, 0) is 30.7 Å². The van der Waals surface area contributed by atoms with Crippen LogP contribution in [0.2, 0.25) is 4.34 Å². The van der Waals surface area contributed by atoms with Crippen molar-refractivity contribution >= 4 is 28.8 Å². The van der Waals surface area contributed by atoms with Gasteiger partial charge in [0.15, 0.2) is 5.82 Å². The molecule has 3 heterocycles. The van der Waals surface area contributed by atoms with Crippen LogP contribution in [0.25, 0.3) is 5.82 Å². The lowest BCUT2D eigenvalue weighted by Crippen LogP contribution is -2.25. The third-order valence-corrected chi connectivity index (χ3v) is 4.24. The number of halogens is 1. The van der Waals surface area contributed by atoms with Crippen molar-refractivity contribution in [2.45, 2.75) is 6.42 Å². The highest BCUT2D eigenvalue weighted by Crippen LogP contribution is 2.21. The van der Waals surface area contributed by atoms with Crippen LogP contribution in [0.3, 0.4) is 0 Å². The molecule has 0 aliphatic rings. The summed E-state index contributed by atoms with van der Waals surface area (Å²) in [5, 5.41) is 6.87. The highest BCUT2D eigenvalue weighted by Gasteiger charge is 2.08. The lowest BCUT2D eigenvalue weighted by Gasteiger charge is -2.06. The van der Waals surface area contributed by atoms with E-state index in [2.05, 4.69) is 20.4 Å². The molecule has 0 aliphatic carbocycles. The van der Waals surface area contributed by atoms with Crippen LogP contribution >= 0.6 is 22.9 Å².